The molecule has 1 saturated heterocycles. The predicted octanol–water partition coefficient (Wildman–Crippen LogP) is 3.82. The number of piperidine rings is 1. The topological polar surface area (TPSA) is 69.6 Å². The molecule has 1 aromatic rings. The highest BCUT2D eigenvalue weighted by molar-refractivity contribution is 9.10. The van der Waals surface area contributed by atoms with Gasteiger partial charge in [-0.3, -0.25) is 0 Å². The fourth-order valence-corrected chi connectivity index (χ4v) is 3.06. The van der Waals surface area contributed by atoms with Crippen molar-refractivity contribution >= 4 is 45.2 Å². The van der Waals surface area contributed by atoms with E-state index in [1.807, 2.05) is 6.92 Å². The molecule has 0 saturated carbocycles. The van der Waals surface area contributed by atoms with Crippen LogP contribution in [-0.4, -0.2) is 34.6 Å². The lowest BCUT2D eigenvalue weighted by atomic mass is 9.91. The van der Waals surface area contributed by atoms with E-state index in [2.05, 4.69) is 21.2 Å². The Labute approximate surface area is 136 Å². The number of halogens is 2. The van der Waals surface area contributed by atoms with Crippen LogP contribution in [0.3, 0.4) is 0 Å². The highest BCUT2D eigenvalue weighted by Crippen LogP contribution is 2.27. The Kier molecular flexibility index (Phi) is 5.11. The first-order chi connectivity index (χ1) is 9.90. The van der Waals surface area contributed by atoms with Crippen LogP contribution in [-0.2, 0) is 4.79 Å². The SMILES string of the molecule is CC1CCCN(C(=O)Nc2ccc(Cl)c(Br)c2)C1C(=O)O. The Bertz CT molecular complexity index is 567. The van der Waals surface area contributed by atoms with Crippen molar-refractivity contribution in [3.05, 3.63) is 27.7 Å². The first kappa shape index (κ1) is 16.1. The number of carboxylic acids is 1. The van der Waals surface area contributed by atoms with Crippen LogP contribution in [0.2, 0.25) is 5.02 Å². The molecule has 1 heterocycles. The fourth-order valence-electron chi connectivity index (χ4n) is 2.56. The molecular formula is C14H16BrClN2O3. The number of carbonyl (C=O) groups excluding carboxylic acids is 1. The molecule has 1 aliphatic rings. The molecule has 2 amide bonds. The predicted molar refractivity (Wildman–Crippen MR) is 84.7 cm³/mol. The molecule has 1 aliphatic heterocycles. The van der Waals surface area contributed by atoms with Crippen LogP contribution in [0.25, 0.3) is 0 Å². The number of rotatable bonds is 2. The number of carboxylic acid groups (broad SMARTS) is 1. The van der Waals surface area contributed by atoms with Crippen LogP contribution >= 0.6 is 27.5 Å². The van der Waals surface area contributed by atoms with Gasteiger partial charge >= 0.3 is 12.0 Å². The second-order valence-corrected chi connectivity index (χ2v) is 6.42. The lowest BCUT2D eigenvalue weighted by molar-refractivity contribution is -0.145. The minimum absolute atomic E-state index is 0.0565. The van der Waals surface area contributed by atoms with Crippen molar-refractivity contribution in [2.24, 2.45) is 5.92 Å². The number of benzene rings is 1. The Morgan fingerprint density at radius 3 is 2.81 bits per heavy atom. The lowest BCUT2D eigenvalue weighted by Gasteiger charge is -2.37. The zero-order chi connectivity index (χ0) is 15.6. The first-order valence-electron chi connectivity index (χ1n) is 6.65. The molecule has 0 aromatic heterocycles. The zero-order valence-electron chi connectivity index (χ0n) is 11.5. The summed E-state index contributed by atoms with van der Waals surface area (Å²) in [6.07, 6.45) is 1.62. The van der Waals surface area contributed by atoms with Gasteiger partial charge in [0.05, 0.1) is 5.02 Å². The second-order valence-electron chi connectivity index (χ2n) is 5.16. The van der Waals surface area contributed by atoms with Gasteiger partial charge in [-0.05, 0) is 52.9 Å². The minimum Gasteiger partial charge on any atom is -0.480 e. The van der Waals surface area contributed by atoms with Gasteiger partial charge in [0.15, 0.2) is 0 Å². The van der Waals surface area contributed by atoms with E-state index in [-0.39, 0.29) is 5.92 Å². The van der Waals surface area contributed by atoms with Gasteiger partial charge in [-0.25, -0.2) is 9.59 Å². The van der Waals surface area contributed by atoms with Crippen molar-refractivity contribution in [2.45, 2.75) is 25.8 Å². The number of anilines is 1. The molecule has 2 rings (SSSR count). The van der Waals surface area contributed by atoms with E-state index in [1.54, 1.807) is 18.2 Å². The summed E-state index contributed by atoms with van der Waals surface area (Å²) in [5.41, 5.74) is 0.568. The molecule has 5 nitrogen and oxygen atoms in total. The van der Waals surface area contributed by atoms with E-state index < -0.39 is 18.0 Å². The van der Waals surface area contributed by atoms with Gasteiger partial charge in [0.1, 0.15) is 6.04 Å². The average Bonchev–Trinajstić information content (AvgIpc) is 2.42. The van der Waals surface area contributed by atoms with E-state index in [0.29, 0.717) is 21.7 Å². The molecule has 1 aromatic carbocycles. The maximum absolute atomic E-state index is 12.3. The van der Waals surface area contributed by atoms with Gasteiger partial charge in [0.25, 0.3) is 0 Å². The minimum atomic E-state index is -0.963. The number of nitrogens with one attached hydrogen (secondary N) is 1. The molecule has 2 atom stereocenters. The van der Waals surface area contributed by atoms with Gasteiger partial charge in [-0.2, -0.15) is 0 Å². The monoisotopic (exact) mass is 374 g/mol. The van der Waals surface area contributed by atoms with E-state index in [0.717, 1.165) is 12.8 Å². The molecule has 2 unspecified atom stereocenters. The lowest BCUT2D eigenvalue weighted by Crippen LogP contribution is -2.53. The molecule has 0 aliphatic carbocycles. The quantitative estimate of drug-likeness (QED) is 0.825. The fraction of sp³-hybridized carbons (Fsp3) is 0.429. The smallest absolute Gasteiger partial charge is 0.326 e. The summed E-state index contributed by atoms with van der Waals surface area (Å²) in [4.78, 5) is 25.1. The number of likely N-dealkylation sites (tertiary alicyclic amines) is 1. The summed E-state index contributed by atoms with van der Waals surface area (Å²) in [6.45, 7) is 2.30. The number of amides is 2. The molecule has 0 radical (unpaired) electrons. The Morgan fingerprint density at radius 2 is 2.19 bits per heavy atom. The molecule has 0 spiro atoms. The van der Waals surface area contributed by atoms with Crippen LogP contribution in [0.5, 0.6) is 0 Å². The number of aliphatic carboxylic acids is 1. The maximum Gasteiger partial charge on any atom is 0.326 e. The van der Waals surface area contributed by atoms with Crippen molar-refractivity contribution in [1.82, 2.24) is 4.90 Å². The number of urea groups is 1. The molecule has 21 heavy (non-hydrogen) atoms. The third-order valence-electron chi connectivity index (χ3n) is 3.62. The molecule has 2 N–H and O–H groups in total. The summed E-state index contributed by atoms with van der Waals surface area (Å²) >= 11 is 9.19. The Hall–Kier alpha value is -1.27. The standard InChI is InChI=1S/C14H16BrClN2O3/c1-8-3-2-6-18(12(8)13(19)20)14(21)17-9-4-5-11(16)10(15)7-9/h4-5,7-8,12H,2-3,6H2,1H3,(H,17,21)(H,19,20). The van der Waals surface area contributed by atoms with Gasteiger partial charge in [0.2, 0.25) is 0 Å². The highest BCUT2D eigenvalue weighted by atomic mass is 79.9. The normalized spacial score (nSPS) is 22.0. The number of hydrogen-bond acceptors (Lipinski definition) is 2. The van der Waals surface area contributed by atoms with E-state index >= 15 is 0 Å². The third-order valence-corrected chi connectivity index (χ3v) is 4.83. The van der Waals surface area contributed by atoms with E-state index in [4.69, 9.17) is 11.6 Å². The van der Waals surface area contributed by atoms with E-state index in [9.17, 15) is 14.7 Å². The third kappa shape index (κ3) is 3.68. The van der Waals surface area contributed by atoms with Crippen molar-refractivity contribution in [2.75, 3.05) is 11.9 Å². The van der Waals surface area contributed by atoms with Crippen LogP contribution < -0.4 is 5.32 Å². The van der Waals surface area contributed by atoms with E-state index in [1.165, 1.54) is 4.90 Å². The van der Waals surface area contributed by atoms with Crippen molar-refractivity contribution in [3.63, 3.8) is 0 Å². The molecular weight excluding hydrogens is 360 g/mol. The van der Waals surface area contributed by atoms with Crippen molar-refractivity contribution < 1.29 is 14.7 Å². The van der Waals surface area contributed by atoms with Crippen molar-refractivity contribution in [1.29, 1.82) is 0 Å². The van der Waals surface area contributed by atoms with Gasteiger partial charge < -0.3 is 15.3 Å². The summed E-state index contributed by atoms with van der Waals surface area (Å²) in [5.74, 6) is -1.02. The Balaban J connectivity index is 2.14. The maximum atomic E-state index is 12.3. The summed E-state index contributed by atoms with van der Waals surface area (Å²) in [6, 6.07) is 3.84. The van der Waals surface area contributed by atoms with Crippen LogP contribution in [0.4, 0.5) is 10.5 Å². The highest BCUT2D eigenvalue weighted by Gasteiger charge is 2.37. The summed E-state index contributed by atoms with van der Waals surface area (Å²) in [7, 11) is 0. The van der Waals surface area contributed by atoms with Gasteiger partial charge in [0, 0.05) is 16.7 Å². The number of hydrogen-bond donors (Lipinski definition) is 2. The van der Waals surface area contributed by atoms with Gasteiger partial charge in [-0.15, -0.1) is 0 Å². The largest absolute Gasteiger partial charge is 0.480 e. The average molecular weight is 376 g/mol. The second kappa shape index (κ2) is 6.66. The first-order valence-corrected chi connectivity index (χ1v) is 7.82. The molecule has 114 valence electrons. The van der Waals surface area contributed by atoms with Crippen molar-refractivity contribution in [3.8, 4) is 0 Å². The number of carbonyl (C=O) groups is 2. The Morgan fingerprint density at radius 1 is 1.48 bits per heavy atom. The molecule has 0 bridgehead atoms. The summed E-state index contributed by atoms with van der Waals surface area (Å²) in [5, 5.41) is 12.6. The molecule has 1 fully saturated rings. The van der Waals surface area contributed by atoms with Crippen LogP contribution in [0.1, 0.15) is 19.8 Å². The molecule has 7 heteroatoms. The zero-order valence-corrected chi connectivity index (χ0v) is 13.8. The summed E-state index contributed by atoms with van der Waals surface area (Å²) < 4.78 is 0.670. The van der Waals surface area contributed by atoms with Crippen LogP contribution in [0, 0.1) is 5.92 Å². The van der Waals surface area contributed by atoms with Crippen LogP contribution in [0.15, 0.2) is 22.7 Å². The van der Waals surface area contributed by atoms with Gasteiger partial charge in [-0.1, -0.05) is 18.5 Å². The number of nitrogens with zero attached hydrogens (tertiary/aromatic N) is 1.